The standard InChI is InChI=1S/C9H7ClF2/c10-6-2-4-7-3-1-5-8(11)9(7)12/h1-5H,6H2/b4-2+. The van der Waals surface area contributed by atoms with Crippen molar-refractivity contribution in [2.75, 3.05) is 5.88 Å². The van der Waals surface area contributed by atoms with Gasteiger partial charge in [-0.25, -0.2) is 8.78 Å². The lowest BCUT2D eigenvalue weighted by atomic mass is 10.2. The highest BCUT2D eigenvalue weighted by molar-refractivity contribution is 6.19. The molecule has 0 fully saturated rings. The lowest BCUT2D eigenvalue weighted by Gasteiger charge is -1.96. The predicted octanol–water partition coefficient (Wildman–Crippen LogP) is 3.22. The van der Waals surface area contributed by atoms with E-state index in [0.717, 1.165) is 6.07 Å². The van der Waals surface area contributed by atoms with Gasteiger partial charge in [0.1, 0.15) is 0 Å². The number of hydrogen-bond acceptors (Lipinski definition) is 0. The van der Waals surface area contributed by atoms with Crippen LogP contribution in [0.25, 0.3) is 6.08 Å². The van der Waals surface area contributed by atoms with Crippen molar-refractivity contribution < 1.29 is 8.78 Å². The molecule has 0 bridgehead atoms. The predicted molar refractivity (Wildman–Crippen MR) is 46.1 cm³/mol. The molecule has 1 aromatic rings. The van der Waals surface area contributed by atoms with Gasteiger partial charge in [0.25, 0.3) is 0 Å². The third kappa shape index (κ3) is 2.05. The summed E-state index contributed by atoms with van der Waals surface area (Å²) < 4.78 is 25.4. The Morgan fingerprint density at radius 1 is 1.33 bits per heavy atom. The van der Waals surface area contributed by atoms with Crippen molar-refractivity contribution in [1.29, 1.82) is 0 Å². The Hall–Kier alpha value is -0.890. The second-order valence-corrected chi connectivity index (χ2v) is 2.51. The van der Waals surface area contributed by atoms with Crippen LogP contribution in [0.3, 0.4) is 0 Å². The normalized spacial score (nSPS) is 10.9. The van der Waals surface area contributed by atoms with E-state index in [1.807, 2.05) is 0 Å². The van der Waals surface area contributed by atoms with Crippen LogP contribution in [0.1, 0.15) is 5.56 Å². The van der Waals surface area contributed by atoms with Crippen molar-refractivity contribution in [3.8, 4) is 0 Å². The largest absolute Gasteiger partial charge is 0.204 e. The molecule has 12 heavy (non-hydrogen) atoms. The zero-order chi connectivity index (χ0) is 8.97. The maximum Gasteiger partial charge on any atom is 0.166 e. The van der Waals surface area contributed by atoms with Crippen molar-refractivity contribution >= 4 is 17.7 Å². The van der Waals surface area contributed by atoms with Gasteiger partial charge in [-0.1, -0.05) is 24.3 Å². The lowest BCUT2D eigenvalue weighted by Crippen LogP contribution is -1.86. The molecule has 64 valence electrons. The van der Waals surface area contributed by atoms with E-state index in [9.17, 15) is 8.78 Å². The summed E-state index contributed by atoms with van der Waals surface area (Å²) in [5.74, 6) is -1.39. The van der Waals surface area contributed by atoms with Crippen LogP contribution >= 0.6 is 11.6 Å². The maximum atomic E-state index is 12.9. The summed E-state index contributed by atoms with van der Waals surface area (Å²) in [6.45, 7) is 0. The molecule has 0 amide bonds. The molecule has 0 atom stereocenters. The molecule has 3 heteroatoms. The average Bonchev–Trinajstić information content (AvgIpc) is 2.08. The van der Waals surface area contributed by atoms with Crippen molar-refractivity contribution in [3.63, 3.8) is 0 Å². The SMILES string of the molecule is Fc1cccc(/C=C/CCl)c1F. The lowest BCUT2D eigenvalue weighted by molar-refractivity contribution is 0.507. The van der Waals surface area contributed by atoms with E-state index in [1.54, 1.807) is 6.08 Å². The minimum atomic E-state index is -0.841. The highest BCUT2D eigenvalue weighted by Crippen LogP contribution is 2.12. The van der Waals surface area contributed by atoms with E-state index in [-0.39, 0.29) is 11.4 Å². The molecule has 0 saturated carbocycles. The first-order valence-corrected chi connectivity index (χ1v) is 3.95. The van der Waals surface area contributed by atoms with Gasteiger partial charge in [0, 0.05) is 11.4 Å². The van der Waals surface area contributed by atoms with Crippen LogP contribution in [0.5, 0.6) is 0 Å². The van der Waals surface area contributed by atoms with Crippen LogP contribution in [-0.2, 0) is 0 Å². The molecule has 0 spiro atoms. The molecule has 0 nitrogen and oxygen atoms in total. The zero-order valence-corrected chi connectivity index (χ0v) is 6.98. The number of rotatable bonds is 2. The Bertz CT molecular complexity index is 295. The summed E-state index contributed by atoms with van der Waals surface area (Å²) in [5, 5.41) is 0. The molecule has 0 unspecified atom stereocenters. The number of allylic oxidation sites excluding steroid dienone is 1. The van der Waals surface area contributed by atoms with E-state index >= 15 is 0 Å². The van der Waals surface area contributed by atoms with Crippen LogP contribution in [0.2, 0.25) is 0 Å². The van der Waals surface area contributed by atoms with Gasteiger partial charge in [-0.05, 0) is 6.07 Å². The van der Waals surface area contributed by atoms with Gasteiger partial charge in [-0.15, -0.1) is 11.6 Å². The van der Waals surface area contributed by atoms with E-state index < -0.39 is 11.6 Å². The Morgan fingerprint density at radius 2 is 2.08 bits per heavy atom. The molecule has 1 rings (SSSR count). The Kier molecular flexibility index (Phi) is 3.23. The highest BCUT2D eigenvalue weighted by Gasteiger charge is 2.03. The number of hydrogen-bond donors (Lipinski definition) is 0. The Balaban J connectivity index is 3.00. The molecule has 0 aliphatic carbocycles. The average molecular weight is 189 g/mol. The number of alkyl halides is 1. The first-order chi connectivity index (χ1) is 5.75. The van der Waals surface area contributed by atoms with Crippen LogP contribution in [0, 0.1) is 11.6 Å². The fourth-order valence-electron chi connectivity index (χ4n) is 0.821. The fourth-order valence-corrected chi connectivity index (χ4v) is 0.910. The monoisotopic (exact) mass is 188 g/mol. The second kappa shape index (κ2) is 4.21. The molecule has 0 aliphatic heterocycles. The second-order valence-electron chi connectivity index (χ2n) is 2.20. The first kappa shape index (κ1) is 9.20. The Morgan fingerprint density at radius 3 is 2.75 bits per heavy atom. The van der Waals surface area contributed by atoms with Crippen molar-refractivity contribution in [2.45, 2.75) is 0 Å². The first-order valence-electron chi connectivity index (χ1n) is 3.42. The molecule has 0 heterocycles. The quantitative estimate of drug-likeness (QED) is 0.626. The molecule has 1 aromatic carbocycles. The van der Waals surface area contributed by atoms with E-state index in [0.29, 0.717) is 0 Å². The van der Waals surface area contributed by atoms with E-state index in [2.05, 4.69) is 0 Å². The minimum Gasteiger partial charge on any atom is -0.204 e. The van der Waals surface area contributed by atoms with Gasteiger partial charge in [0.05, 0.1) is 0 Å². The highest BCUT2D eigenvalue weighted by atomic mass is 35.5. The number of benzene rings is 1. The van der Waals surface area contributed by atoms with Crippen LogP contribution in [-0.4, -0.2) is 5.88 Å². The van der Waals surface area contributed by atoms with Gasteiger partial charge in [-0.2, -0.15) is 0 Å². The topological polar surface area (TPSA) is 0 Å². The molecule has 0 radical (unpaired) electrons. The van der Waals surface area contributed by atoms with Gasteiger partial charge >= 0.3 is 0 Å². The summed E-state index contributed by atoms with van der Waals surface area (Å²) in [6, 6.07) is 4.02. The third-order valence-electron chi connectivity index (χ3n) is 1.37. The van der Waals surface area contributed by atoms with Gasteiger partial charge in [-0.3, -0.25) is 0 Å². The minimum absolute atomic E-state index is 0.218. The van der Waals surface area contributed by atoms with Gasteiger partial charge in [0.15, 0.2) is 11.6 Å². The zero-order valence-electron chi connectivity index (χ0n) is 6.23. The molecule has 0 N–H and O–H groups in total. The smallest absolute Gasteiger partial charge is 0.166 e. The number of halogens is 3. The van der Waals surface area contributed by atoms with E-state index in [1.165, 1.54) is 18.2 Å². The van der Waals surface area contributed by atoms with Crippen LogP contribution in [0.4, 0.5) is 8.78 Å². The van der Waals surface area contributed by atoms with E-state index in [4.69, 9.17) is 11.6 Å². The van der Waals surface area contributed by atoms with Crippen LogP contribution in [0.15, 0.2) is 24.3 Å². The summed E-state index contributed by atoms with van der Waals surface area (Å²) >= 11 is 5.34. The van der Waals surface area contributed by atoms with Crippen molar-refractivity contribution in [1.82, 2.24) is 0 Å². The van der Waals surface area contributed by atoms with Crippen molar-refractivity contribution in [2.24, 2.45) is 0 Å². The fraction of sp³-hybridized carbons (Fsp3) is 0.111. The maximum absolute atomic E-state index is 12.9. The summed E-state index contributed by atoms with van der Waals surface area (Å²) in [7, 11) is 0. The van der Waals surface area contributed by atoms with Crippen LogP contribution < -0.4 is 0 Å². The molecule has 0 aliphatic rings. The van der Waals surface area contributed by atoms with Gasteiger partial charge < -0.3 is 0 Å². The summed E-state index contributed by atoms with van der Waals surface area (Å²) in [5.41, 5.74) is 0.218. The molecular weight excluding hydrogens is 182 g/mol. The summed E-state index contributed by atoms with van der Waals surface area (Å²) in [4.78, 5) is 0. The Labute approximate surface area is 74.5 Å². The van der Waals surface area contributed by atoms with Gasteiger partial charge in [0.2, 0.25) is 0 Å². The molecule has 0 aromatic heterocycles. The van der Waals surface area contributed by atoms with Crippen molar-refractivity contribution in [3.05, 3.63) is 41.5 Å². The summed E-state index contributed by atoms with van der Waals surface area (Å²) in [6.07, 6.45) is 3.00. The third-order valence-corrected chi connectivity index (χ3v) is 1.55. The molecular formula is C9H7ClF2. The molecule has 0 saturated heterocycles.